The molecule has 0 saturated carbocycles. The molecule has 0 spiro atoms. The molecule has 0 radical (unpaired) electrons. The van der Waals surface area contributed by atoms with Gasteiger partial charge in [0.2, 0.25) is 0 Å². The standard InChI is InChI=1S/C14H20F3N3O/c1-2-5-18-9-11-10-21-8-7-20(11)13-12(14(15,16)17)4-3-6-19-13/h3-4,6,11,18H,2,5,7-10H2,1H3. The predicted molar refractivity (Wildman–Crippen MR) is 74.4 cm³/mol. The van der Waals surface area contributed by atoms with E-state index < -0.39 is 11.7 Å². The summed E-state index contributed by atoms with van der Waals surface area (Å²) in [5, 5.41) is 3.23. The fourth-order valence-corrected chi connectivity index (χ4v) is 2.40. The number of nitrogens with zero attached hydrogens (tertiary/aromatic N) is 2. The van der Waals surface area contributed by atoms with Gasteiger partial charge in [-0.25, -0.2) is 4.98 Å². The van der Waals surface area contributed by atoms with Crippen molar-refractivity contribution >= 4 is 5.82 Å². The Hall–Kier alpha value is -1.34. The zero-order valence-corrected chi connectivity index (χ0v) is 12.0. The zero-order valence-electron chi connectivity index (χ0n) is 12.0. The van der Waals surface area contributed by atoms with Crippen LogP contribution in [0, 0.1) is 0 Å². The molecule has 1 saturated heterocycles. The highest BCUT2D eigenvalue weighted by atomic mass is 19.4. The highest BCUT2D eigenvalue weighted by molar-refractivity contribution is 5.49. The van der Waals surface area contributed by atoms with Crippen LogP contribution in [-0.4, -0.2) is 43.9 Å². The molecule has 1 aromatic heterocycles. The molecule has 0 aliphatic carbocycles. The molecule has 2 rings (SSSR count). The first-order valence-electron chi connectivity index (χ1n) is 7.11. The Bertz CT molecular complexity index is 453. The van der Waals surface area contributed by atoms with Crippen molar-refractivity contribution in [3.05, 3.63) is 23.9 Å². The molecule has 1 aliphatic heterocycles. The maximum atomic E-state index is 13.1. The predicted octanol–water partition coefficient (Wildman–Crippen LogP) is 2.31. The number of hydrogen-bond acceptors (Lipinski definition) is 4. The molecular formula is C14H20F3N3O. The van der Waals surface area contributed by atoms with E-state index >= 15 is 0 Å². The zero-order chi connectivity index (χ0) is 15.3. The van der Waals surface area contributed by atoms with Gasteiger partial charge in [0.1, 0.15) is 5.82 Å². The molecule has 1 aliphatic rings. The van der Waals surface area contributed by atoms with E-state index in [-0.39, 0.29) is 11.9 Å². The monoisotopic (exact) mass is 303 g/mol. The number of aromatic nitrogens is 1. The summed E-state index contributed by atoms with van der Waals surface area (Å²) >= 11 is 0. The molecule has 7 heteroatoms. The van der Waals surface area contributed by atoms with E-state index in [0.29, 0.717) is 26.3 Å². The second-order valence-electron chi connectivity index (χ2n) is 5.00. The SMILES string of the molecule is CCCNCC1COCCN1c1ncccc1C(F)(F)F. The van der Waals surface area contributed by atoms with Gasteiger partial charge in [0.15, 0.2) is 0 Å². The fourth-order valence-electron chi connectivity index (χ4n) is 2.40. The summed E-state index contributed by atoms with van der Waals surface area (Å²) in [5.74, 6) is -0.00315. The van der Waals surface area contributed by atoms with Crippen LogP contribution in [0.3, 0.4) is 0 Å². The number of nitrogens with one attached hydrogen (secondary N) is 1. The average Bonchev–Trinajstić information content (AvgIpc) is 2.47. The molecule has 0 bridgehead atoms. The summed E-state index contributed by atoms with van der Waals surface area (Å²) in [6.07, 6.45) is -2.02. The van der Waals surface area contributed by atoms with E-state index in [1.807, 2.05) is 6.92 Å². The van der Waals surface area contributed by atoms with Gasteiger partial charge in [-0.05, 0) is 25.1 Å². The molecule has 2 heterocycles. The normalized spacial score (nSPS) is 19.8. The van der Waals surface area contributed by atoms with Crippen molar-refractivity contribution in [2.45, 2.75) is 25.6 Å². The Morgan fingerprint density at radius 3 is 3.00 bits per heavy atom. The van der Waals surface area contributed by atoms with Crippen molar-refractivity contribution < 1.29 is 17.9 Å². The molecule has 1 aromatic rings. The quantitative estimate of drug-likeness (QED) is 0.847. The number of pyridine rings is 1. The number of halogens is 3. The summed E-state index contributed by atoms with van der Waals surface area (Å²) in [6, 6.07) is 2.26. The first-order chi connectivity index (χ1) is 10.0. The van der Waals surface area contributed by atoms with Crippen molar-refractivity contribution in [2.24, 2.45) is 0 Å². The van der Waals surface area contributed by atoms with Crippen LogP contribution >= 0.6 is 0 Å². The molecule has 1 N–H and O–H groups in total. The minimum Gasteiger partial charge on any atom is -0.377 e. The van der Waals surface area contributed by atoms with Gasteiger partial charge in [-0.1, -0.05) is 6.92 Å². The molecule has 118 valence electrons. The van der Waals surface area contributed by atoms with Gasteiger partial charge in [0, 0.05) is 19.3 Å². The maximum Gasteiger partial charge on any atom is 0.419 e. The van der Waals surface area contributed by atoms with Gasteiger partial charge in [-0.2, -0.15) is 13.2 Å². The van der Waals surface area contributed by atoms with E-state index in [1.165, 1.54) is 12.3 Å². The number of morpholine rings is 1. The number of ether oxygens (including phenoxy) is 1. The van der Waals surface area contributed by atoms with Crippen molar-refractivity contribution in [1.82, 2.24) is 10.3 Å². The molecule has 21 heavy (non-hydrogen) atoms. The lowest BCUT2D eigenvalue weighted by Crippen LogP contribution is -2.51. The Kier molecular flexibility index (Phi) is 5.41. The second kappa shape index (κ2) is 7.09. The largest absolute Gasteiger partial charge is 0.419 e. The Morgan fingerprint density at radius 2 is 2.29 bits per heavy atom. The van der Waals surface area contributed by atoms with Gasteiger partial charge < -0.3 is 15.0 Å². The van der Waals surface area contributed by atoms with Crippen LogP contribution in [0.25, 0.3) is 0 Å². The van der Waals surface area contributed by atoms with Crippen LogP contribution in [-0.2, 0) is 10.9 Å². The number of anilines is 1. The van der Waals surface area contributed by atoms with Crippen LogP contribution in [0.2, 0.25) is 0 Å². The third-order valence-electron chi connectivity index (χ3n) is 3.40. The Balaban J connectivity index is 2.21. The number of alkyl halides is 3. The molecular weight excluding hydrogens is 283 g/mol. The first kappa shape index (κ1) is 16.0. The Morgan fingerprint density at radius 1 is 1.48 bits per heavy atom. The summed E-state index contributed by atoms with van der Waals surface area (Å²) < 4.78 is 44.8. The Labute approximate surface area is 122 Å². The maximum absolute atomic E-state index is 13.1. The number of hydrogen-bond donors (Lipinski definition) is 1. The molecule has 0 amide bonds. The molecule has 4 nitrogen and oxygen atoms in total. The smallest absolute Gasteiger partial charge is 0.377 e. The third-order valence-corrected chi connectivity index (χ3v) is 3.40. The summed E-state index contributed by atoms with van der Waals surface area (Å²) in [4.78, 5) is 5.67. The summed E-state index contributed by atoms with van der Waals surface area (Å²) in [6.45, 7) is 4.70. The topological polar surface area (TPSA) is 37.4 Å². The van der Waals surface area contributed by atoms with Gasteiger partial charge in [-0.15, -0.1) is 0 Å². The lowest BCUT2D eigenvalue weighted by molar-refractivity contribution is -0.137. The van der Waals surface area contributed by atoms with Crippen LogP contribution < -0.4 is 10.2 Å². The van der Waals surface area contributed by atoms with Gasteiger partial charge in [0.05, 0.1) is 24.8 Å². The van der Waals surface area contributed by atoms with Crippen LogP contribution in [0.1, 0.15) is 18.9 Å². The minimum absolute atomic E-state index is 0.00315. The minimum atomic E-state index is -4.40. The average molecular weight is 303 g/mol. The van der Waals surface area contributed by atoms with E-state index in [1.54, 1.807) is 4.90 Å². The summed E-state index contributed by atoms with van der Waals surface area (Å²) in [5.41, 5.74) is -0.688. The van der Waals surface area contributed by atoms with Crippen molar-refractivity contribution in [1.29, 1.82) is 0 Å². The van der Waals surface area contributed by atoms with Crippen LogP contribution in [0.5, 0.6) is 0 Å². The fraction of sp³-hybridized carbons (Fsp3) is 0.643. The van der Waals surface area contributed by atoms with Crippen LogP contribution in [0.4, 0.5) is 19.0 Å². The highest BCUT2D eigenvalue weighted by Crippen LogP contribution is 2.36. The molecule has 1 atom stereocenters. The van der Waals surface area contributed by atoms with Crippen molar-refractivity contribution in [2.75, 3.05) is 37.7 Å². The lowest BCUT2D eigenvalue weighted by Gasteiger charge is -2.37. The van der Waals surface area contributed by atoms with E-state index in [2.05, 4.69) is 10.3 Å². The van der Waals surface area contributed by atoms with E-state index in [9.17, 15) is 13.2 Å². The van der Waals surface area contributed by atoms with Gasteiger partial charge in [0.25, 0.3) is 0 Å². The molecule has 1 fully saturated rings. The van der Waals surface area contributed by atoms with Gasteiger partial charge in [-0.3, -0.25) is 0 Å². The molecule has 0 aromatic carbocycles. The molecule has 1 unspecified atom stereocenters. The van der Waals surface area contributed by atoms with E-state index in [4.69, 9.17) is 4.74 Å². The van der Waals surface area contributed by atoms with Crippen molar-refractivity contribution in [3.8, 4) is 0 Å². The number of rotatable bonds is 5. The third kappa shape index (κ3) is 4.07. The lowest BCUT2D eigenvalue weighted by atomic mass is 10.1. The second-order valence-corrected chi connectivity index (χ2v) is 5.00. The summed E-state index contributed by atoms with van der Waals surface area (Å²) in [7, 11) is 0. The van der Waals surface area contributed by atoms with Gasteiger partial charge >= 0.3 is 6.18 Å². The highest BCUT2D eigenvalue weighted by Gasteiger charge is 2.37. The first-order valence-corrected chi connectivity index (χ1v) is 7.11. The van der Waals surface area contributed by atoms with Crippen LogP contribution in [0.15, 0.2) is 18.3 Å². The van der Waals surface area contributed by atoms with E-state index in [0.717, 1.165) is 19.0 Å². The van der Waals surface area contributed by atoms with Crippen molar-refractivity contribution in [3.63, 3.8) is 0 Å².